The first-order chi connectivity index (χ1) is 6.97. The van der Waals surface area contributed by atoms with E-state index in [9.17, 15) is 13.2 Å². The number of aromatic amines is 1. The van der Waals surface area contributed by atoms with Gasteiger partial charge in [0.2, 0.25) is 5.91 Å². The minimum absolute atomic E-state index is 0.377. The van der Waals surface area contributed by atoms with E-state index >= 15 is 0 Å². The van der Waals surface area contributed by atoms with E-state index in [1.165, 1.54) is 0 Å². The molecule has 1 heterocycles. The zero-order valence-corrected chi connectivity index (χ0v) is 9.17. The standard InChI is InChI=1S/C8H13N3O3S/c1-15(13,14)6-8(12)11-3-2-7-9-4-5-10-7/h4-5H,2-3,6H2,1H3,(H,9,10)(H,11,12). The first-order valence-electron chi connectivity index (χ1n) is 4.40. The number of nitrogens with zero attached hydrogens (tertiary/aromatic N) is 1. The van der Waals surface area contributed by atoms with Crippen molar-refractivity contribution in [3.63, 3.8) is 0 Å². The molecule has 0 atom stereocenters. The van der Waals surface area contributed by atoms with Gasteiger partial charge < -0.3 is 10.3 Å². The number of imidazole rings is 1. The molecular formula is C8H13N3O3S. The van der Waals surface area contributed by atoms with Crippen molar-refractivity contribution in [2.75, 3.05) is 18.6 Å². The molecule has 0 saturated heterocycles. The SMILES string of the molecule is CS(=O)(=O)CC(=O)NCCc1ncc[nH]1. The smallest absolute Gasteiger partial charge is 0.235 e. The molecule has 0 aliphatic rings. The Morgan fingerprint density at radius 3 is 2.87 bits per heavy atom. The lowest BCUT2D eigenvalue weighted by molar-refractivity contribution is -0.118. The van der Waals surface area contributed by atoms with E-state index in [0.717, 1.165) is 12.1 Å². The molecule has 0 fully saturated rings. The Kier molecular flexibility index (Phi) is 3.84. The molecule has 1 aromatic heterocycles. The van der Waals surface area contributed by atoms with Crippen LogP contribution in [0.4, 0.5) is 0 Å². The summed E-state index contributed by atoms with van der Waals surface area (Å²) in [6.45, 7) is 0.377. The van der Waals surface area contributed by atoms with Crippen molar-refractivity contribution in [3.05, 3.63) is 18.2 Å². The zero-order valence-electron chi connectivity index (χ0n) is 8.36. The largest absolute Gasteiger partial charge is 0.355 e. The monoisotopic (exact) mass is 231 g/mol. The fraction of sp³-hybridized carbons (Fsp3) is 0.500. The molecule has 15 heavy (non-hydrogen) atoms. The molecule has 0 aliphatic heterocycles. The average Bonchev–Trinajstić information content (AvgIpc) is 2.53. The minimum Gasteiger partial charge on any atom is -0.355 e. The van der Waals surface area contributed by atoms with Crippen molar-refractivity contribution in [3.8, 4) is 0 Å². The summed E-state index contributed by atoms with van der Waals surface area (Å²) in [5.74, 6) is -0.191. The summed E-state index contributed by atoms with van der Waals surface area (Å²) in [5.41, 5.74) is 0. The molecule has 1 rings (SSSR count). The number of hydrogen-bond acceptors (Lipinski definition) is 4. The molecule has 0 bridgehead atoms. The highest BCUT2D eigenvalue weighted by Crippen LogP contribution is 1.88. The molecule has 2 N–H and O–H groups in total. The van der Waals surface area contributed by atoms with Crippen LogP contribution in [-0.4, -0.2) is 42.8 Å². The van der Waals surface area contributed by atoms with Gasteiger partial charge in [0, 0.05) is 31.6 Å². The highest BCUT2D eigenvalue weighted by molar-refractivity contribution is 7.91. The van der Waals surface area contributed by atoms with E-state index < -0.39 is 21.5 Å². The predicted octanol–water partition coefficient (Wildman–Crippen LogP) is -0.887. The van der Waals surface area contributed by atoms with Crippen LogP contribution in [0, 0.1) is 0 Å². The summed E-state index contributed by atoms with van der Waals surface area (Å²) in [6, 6.07) is 0. The minimum atomic E-state index is -3.24. The Morgan fingerprint density at radius 2 is 2.33 bits per heavy atom. The molecule has 0 aromatic carbocycles. The van der Waals surface area contributed by atoms with Gasteiger partial charge >= 0.3 is 0 Å². The maximum atomic E-state index is 11.1. The molecule has 0 aliphatic carbocycles. The van der Waals surface area contributed by atoms with Crippen molar-refractivity contribution in [2.24, 2.45) is 0 Å². The fourth-order valence-electron chi connectivity index (χ4n) is 1.04. The van der Waals surface area contributed by atoms with Crippen molar-refractivity contribution < 1.29 is 13.2 Å². The van der Waals surface area contributed by atoms with E-state index in [-0.39, 0.29) is 0 Å². The van der Waals surface area contributed by atoms with E-state index in [1.807, 2.05) is 0 Å². The number of amides is 1. The lowest BCUT2D eigenvalue weighted by Gasteiger charge is -2.02. The second-order valence-corrected chi connectivity index (χ2v) is 5.35. The van der Waals surface area contributed by atoms with Gasteiger partial charge in [0.25, 0.3) is 0 Å². The molecule has 0 spiro atoms. The Bertz CT molecular complexity index is 410. The van der Waals surface area contributed by atoms with Crippen LogP contribution in [0.15, 0.2) is 12.4 Å². The fourth-order valence-corrected chi connectivity index (χ4v) is 1.62. The van der Waals surface area contributed by atoms with Crippen molar-refractivity contribution in [2.45, 2.75) is 6.42 Å². The molecule has 0 unspecified atom stereocenters. The normalized spacial score (nSPS) is 11.3. The van der Waals surface area contributed by atoms with Crippen LogP contribution in [0.3, 0.4) is 0 Å². The second kappa shape index (κ2) is 4.92. The van der Waals surface area contributed by atoms with Gasteiger partial charge in [-0.1, -0.05) is 0 Å². The maximum absolute atomic E-state index is 11.1. The van der Waals surface area contributed by atoms with E-state index in [0.29, 0.717) is 13.0 Å². The zero-order chi connectivity index (χ0) is 11.3. The molecule has 0 radical (unpaired) electrons. The summed E-state index contributed by atoms with van der Waals surface area (Å²) >= 11 is 0. The quantitative estimate of drug-likeness (QED) is 0.688. The first-order valence-corrected chi connectivity index (χ1v) is 6.46. The molecule has 1 aromatic rings. The van der Waals surface area contributed by atoms with Gasteiger partial charge in [-0.25, -0.2) is 13.4 Å². The summed E-state index contributed by atoms with van der Waals surface area (Å²) in [7, 11) is -3.24. The highest BCUT2D eigenvalue weighted by atomic mass is 32.2. The molecule has 84 valence electrons. The van der Waals surface area contributed by atoms with Gasteiger partial charge in [-0.2, -0.15) is 0 Å². The number of carbonyl (C=O) groups excluding carboxylic acids is 1. The van der Waals surface area contributed by atoms with Crippen LogP contribution in [0.5, 0.6) is 0 Å². The second-order valence-electron chi connectivity index (χ2n) is 3.21. The van der Waals surface area contributed by atoms with Gasteiger partial charge in [0.1, 0.15) is 11.6 Å². The molecular weight excluding hydrogens is 218 g/mol. The Balaban J connectivity index is 2.24. The Labute approximate surface area is 88.0 Å². The van der Waals surface area contributed by atoms with Crippen molar-refractivity contribution in [1.82, 2.24) is 15.3 Å². The highest BCUT2D eigenvalue weighted by Gasteiger charge is 2.09. The predicted molar refractivity (Wildman–Crippen MR) is 55.0 cm³/mol. The van der Waals surface area contributed by atoms with Crippen molar-refractivity contribution in [1.29, 1.82) is 0 Å². The third-order valence-corrected chi connectivity index (χ3v) is 2.42. The maximum Gasteiger partial charge on any atom is 0.235 e. The average molecular weight is 231 g/mol. The van der Waals surface area contributed by atoms with Crippen molar-refractivity contribution >= 4 is 15.7 Å². The van der Waals surface area contributed by atoms with Gasteiger partial charge in [-0.15, -0.1) is 0 Å². The number of carbonyl (C=O) groups is 1. The van der Waals surface area contributed by atoms with Crippen LogP contribution >= 0.6 is 0 Å². The van der Waals surface area contributed by atoms with Gasteiger partial charge in [0.15, 0.2) is 9.84 Å². The van der Waals surface area contributed by atoms with E-state index in [4.69, 9.17) is 0 Å². The number of H-pyrrole nitrogens is 1. The third-order valence-electron chi connectivity index (χ3n) is 1.63. The van der Waals surface area contributed by atoms with Gasteiger partial charge in [0.05, 0.1) is 0 Å². The number of nitrogens with one attached hydrogen (secondary N) is 2. The summed E-state index contributed by atoms with van der Waals surface area (Å²) in [6.07, 6.45) is 4.89. The summed E-state index contributed by atoms with van der Waals surface area (Å²) in [4.78, 5) is 17.9. The Morgan fingerprint density at radius 1 is 1.60 bits per heavy atom. The molecule has 1 amide bonds. The summed E-state index contributed by atoms with van der Waals surface area (Å²) in [5, 5.41) is 2.50. The molecule has 0 saturated carbocycles. The third kappa shape index (κ3) is 5.16. The first kappa shape index (κ1) is 11.7. The van der Waals surface area contributed by atoms with Crippen LogP contribution in [0.25, 0.3) is 0 Å². The lowest BCUT2D eigenvalue weighted by atomic mass is 10.4. The van der Waals surface area contributed by atoms with E-state index in [1.54, 1.807) is 12.4 Å². The van der Waals surface area contributed by atoms with E-state index in [2.05, 4.69) is 15.3 Å². The van der Waals surface area contributed by atoms with Crippen LogP contribution in [0.2, 0.25) is 0 Å². The van der Waals surface area contributed by atoms with Gasteiger partial charge in [-0.05, 0) is 0 Å². The molecule has 7 heteroatoms. The number of hydrogen-bond donors (Lipinski definition) is 2. The number of sulfone groups is 1. The number of aromatic nitrogens is 2. The van der Waals surface area contributed by atoms with Crippen LogP contribution in [0.1, 0.15) is 5.82 Å². The van der Waals surface area contributed by atoms with Crippen LogP contribution in [-0.2, 0) is 21.1 Å². The summed E-state index contributed by atoms with van der Waals surface area (Å²) < 4.78 is 21.5. The van der Waals surface area contributed by atoms with Crippen LogP contribution < -0.4 is 5.32 Å². The topological polar surface area (TPSA) is 91.9 Å². The Hall–Kier alpha value is -1.37. The molecule has 6 nitrogen and oxygen atoms in total. The van der Waals surface area contributed by atoms with Gasteiger partial charge in [-0.3, -0.25) is 4.79 Å². The lowest BCUT2D eigenvalue weighted by Crippen LogP contribution is -2.31. The number of rotatable bonds is 5.